The lowest BCUT2D eigenvalue weighted by Gasteiger charge is -2.11. The summed E-state index contributed by atoms with van der Waals surface area (Å²) < 4.78 is 0. The van der Waals surface area contributed by atoms with Gasteiger partial charge in [-0.3, -0.25) is 14.4 Å². The zero-order valence-corrected chi connectivity index (χ0v) is 8.72. The summed E-state index contributed by atoms with van der Waals surface area (Å²) in [6, 6.07) is 0. The summed E-state index contributed by atoms with van der Waals surface area (Å²) in [4.78, 5) is 33.1. The van der Waals surface area contributed by atoms with E-state index in [0.717, 1.165) is 0 Å². The Labute approximate surface area is 83.2 Å². The molecule has 14 heavy (non-hydrogen) atoms. The molecule has 5 nitrogen and oxygen atoms in total. The summed E-state index contributed by atoms with van der Waals surface area (Å²) >= 11 is 0. The van der Waals surface area contributed by atoms with Crippen LogP contribution >= 0.6 is 0 Å². The Bertz CT molecular complexity index is 220. The Kier molecular flexibility index (Phi) is 5.52. The molecule has 0 aliphatic rings. The lowest BCUT2D eigenvalue weighted by Crippen LogP contribution is -2.29. The van der Waals surface area contributed by atoms with Crippen LogP contribution < -0.4 is 10.6 Å². The van der Waals surface area contributed by atoms with E-state index in [0.29, 0.717) is 0 Å². The number of carbonyl (C=O) groups excluding carboxylic acids is 3. The van der Waals surface area contributed by atoms with Crippen molar-refractivity contribution in [1.82, 2.24) is 10.6 Å². The Hall–Kier alpha value is -1.39. The molecule has 0 heterocycles. The molecule has 0 aromatic heterocycles. The Morgan fingerprint density at radius 2 is 1.36 bits per heavy atom. The molecule has 0 aliphatic carbocycles. The maximum absolute atomic E-state index is 11.1. The number of carbonyl (C=O) groups is 3. The molecule has 0 unspecified atom stereocenters. The van der Waals surface area contributed by atoms with E-state index in [9.17, 15) is 14.4 Å². The topological polar surface area (TPSA) is 75.3 Å². The molecule has 0 spiro atoms. The van der Waals surface area contributed by atoms with Gasteiger partial charge in [-0.2, -0.15) is 0 Å². The minimum absolute atomic E-state index is 0.0687. The second-order valence-corrected chi connectivity index (χ2v) is 3.06. The lowest BCUT2D eigenvalue weighted by atomic mass is 9.96. The van der Waals surface area contributed by atoms with Crippen LogP contribution in [0.3, 0.4) is 0 Å². The first kappa shape index (κ1) is 12.6. The quantitative estimate of drug-likeness (QED) is 0.626. The molecule has 0 atom stereocenters. The molecule has 5 heteroatoms. The van der Waals surface area contributed by atoms with Gasteiger partial charge in [0.1, 0.15) is 5.78 Å². The predicted octanol–water partition coefficient (Wildman–Crippen LogP) is -0.536. The van der Waals surface area contributed by atoms with Crippen LogP contribution in [0.25, 0.3) is 0 Å². The first-order chi connectivity index (χ1) is 6.51. The molecule has 0 fully saturated rings. The van der Waals surface area contributed by atoms with Crippen molar-refractivity contribution in [3.05, 3.63) is 0 Å². The SMILES string of the molecule is CNC(=O)CC(CC(=O)NC)C(C)=O. The molecule has 0 aliphatic heterocycles. The lowest BCUT2D eigenvalue weighted by molar-refractivity contribution is -0.131. The summed E-state index contributed by atoms with van der Waals surface area (Å²) in [6.45, 7) is 1.39. The van der Waals surface area contributed by atoms with E-state index in [2.05, 4.69) is 10.6 Å². The summed E-state index contributed by atoms with van der Waals surface area (Å²) in [7, 11) is 3.00. The molecule has 0 saturated carbocycles. The van der Waals surface area contributed by atoms with E-state index < -0.39 is 5.92 Å². The van der Waals surface area contributed by atoms with Crippen LogP contribution in [0.5, 0.6) is 0 Å². The molecule has 2 N–H and O–H groups in total. The largest absolute Gasteiger partial charge is 0.359 e. The van der Waals surface area contributed by atoms with Crippen molar-refractivity contribution in [2.24, 2.45) is 5.92 Å². The minimum atomic E-state index is -0.519. The van der Waals surface area contributed by atoms with Gasteiger partial charge in [-0.15, -0.1) is 0 Å². The van der Waals surface area contributed by atoms with Gasteiger partial charge in [-0.1, -0.05) is 0 Å². The smallest absolute Gasteiger partial charge is 0.220 e. The van der Waals surface area contributed by atoms with Gasteiger partial charge in [0, 0.05) is 32.9 Å². The maximum atomic E-state index is 11.1. The first-order valence-corrected chi connectivity index (χ1v) is 4.42. The predicted molar refractivity (Wildman–Crippen MR) is 51.5 cm³/mol. The minimum Gasteiger partial charge on any atom is -0.359 e. The van der Waals surface area contributed by atoms with Gasteiger partial charge < -0.3 is 10.6 Å². The van der Waals surface area contributed by atoms with Crippen LogP contribution in [0.1, 0.15) is 19.8 Å². The highest BCUT2D eigenvalue weighted by molar-refractivity contribution is 5.89. The van der Waals surface area contributed by atoms with Gasteiger partial charge in [0.15, 0.2) is 0 Å². The third-order valence-corrected chi connectivity index (χ3v) is 2.00. The average molecular weight is 200 g/mol. The second kappa shape index (κ2) is 6.12. The molecule has 0 rings (SSSR count). The molecule has 0 saturated heterocycles. The summed E-state index contributed by atoms with van der Waals surface area (Å²) in [5.74, 6) is -1.12. The highest BCUT2D eigenvalue weighted by Gasteiger charge is 2.20. The van der Waals surface area contributed by atoms with E-state index >= 15 is 0 Å². The van der Waals surface area contributed by atoms with Crippen molar-refractivity contribution in [3.63, 3.8) is 0 Å². The van der Waals surface area contributed by atoms with Crippen molar-refractivity contribution in [3.8, 4) is 0 Å². The number of rotatable bonds is 5. The van der Waals surface area contributed by atoms with Crippen molar-refractivity contribution in [2.75, 3.05) is 14.1 Å². The number of Topliss-reactive ketones (excluding diaryl/α,β-unsaturated/α-hetero) is 1. The normalized spacial score (nSPS) is 9.71. The Morgan fingerprint density at radius 1 is 1.00 bits per heavy atom. The summed E-state index contributed by atoms with van der Waals surface area (Å²) in [6.07, 6.45) is 0.137. The number of amides is 2. The van der Waals surface area contributed by atoms with E-state index in [1.807, 2.05) is 0 Å². The highest BCUT2D eigenvalue weighted by atomic mass is 16.2. The number of nitrogens with one attached hydrogen (secondary N) is 2. The van der Waals surface area contributed by atoms with Gasteiger partial charge >= 0.3 is 0 Å². The molecule has 80 valence electrons. The molecule has 0 aromatic rings. The number of hydrogen-bond acceptors (Lipinski definition) is 3. The average Bonchev–Trinajstić information content (AvgIpc) is 2.16. The third kappa shape index (κ3) is 4.59. The fourth-order valence-corrected chi connectivity index (χ4v) is 1.01. The van der Waals surface area contributed by atoms with Gasteiger partial charge in [0.2, 0.25) is 11.8 Å². The molecular formula is C9H16N2O3. The van der Waals surface area contributed by atoms with Crippen LogP contribution in [0.15, 0.2) is 0 Å². The molecule has 0 bridgehead atoms. The second-order valence-electron chi connectivity index (χ2n) is 3.06. The van der Waals surface area contributed by atoms with E-state index in [4.69, 9.17) is 0 Å². The molecule has 2 amide bonds. The Balaban J connectivity index is 4.23. The van der Waals surface area contributed by atoms with Gasteiger partial charge in [0.25, 0.3) is 0 Å². The maximum Gasteiger partial charge on any atom is 0.220 e. The number of hydrogen-bond donors (Lipinski definition) is 2. The fraction of sp³-hybridized carbons (Fsp3) is 0.667. The van der Waals surface area contributed by atoms with Gasteiger partial charge in [0.05, 0.1) is 0 Å². The van der Waals surface area contributed by atoms with Gasteiger partial charge in [-0.05, 0) is 6.92 Å². The van der Waals surface area contributed by atoms with Crippen LogP contribution in [-0.4, -0.2) is 31.7 Å². The van der Waals surface area contributed by atoms with Crippen molar-refractivity contribution in [2.45, 2.75) is 19.8 Å². The molecule has 0 radical (unpaired) electrons. The van der Waals surface area contributed by atoms with Crippen LogP contribution in [0.4, 0.5) is 0 Å². The number of ketones is 1. The molecular weight excluding hydrogens is 184 g/mol. The van der Waals surface area contributed by atoms with Crippen LogP contribution in [-0.2, 0) is 14.4 Å². The van der Waals surface area contributed by atoms with Crippen molar-refractivity contribution in [1.29, 1.82) is 0 Å². The monoisotopic (exact) mass is 200 g/mol. The van der Waals surface area contributed by atoms with Crippen LogP contribution in [0, 0.1) is 5.92 Å². The van der Waals surface area contributed by atoms with Crippen molar-refractivity contribution >= 4 is 17.6 Å². The van der Waals surface area contributed by atoms with Crippen molar-refractivity contribution < 1.29 is 14.4 Å². The van der Waals surface area contributed by atoms with Crippen LogP contribution in [0.2, 0.25) is 0 Å². The summed E-state index contributed by atoms with van der Waals surface area (Å²) in [5.41, 5.74) is 0. The van der Waals surface area contributed by atoms with E-state index in [1.165, 1.54) is 21.0 Å². The fourth-order valence-electron chi connectivity index (χ4n) is 1.01. The van der Waals surface area contributed by atoms with E-state index in [-0.39, 0.29) is 30.4 Å². The van der Waals surface area contributed by atoms with Gasteiger partial charge in [-0.25, -0.2) is 0 Å². The zero-order chi connectivity index (χ0) is 11.1. The molecule has 0 aromatic carbocycles. The van der Waals surface area contributed by atoms with E-state index in [1.54, 1.807) is 0 Å². The highest BCUT2D eigenvalue weighted by Crippen LogP contribution is 2.09. The standard InChI is InChI=1S/C9H16N2O3/c1-6(12)7(4-8(13)10-2)5-9(14)11-3/h7H,4-5H2,1-3H3,(H,10,13)(H,11,14). The summed E-state index contributed by atoms with van der Waals surface area (Å²) in [5, 5.41) is 4.84. The Morgan fingerprint density at radius 3 is 1.57 bits per heavy atom. The first-order valence-electron chi connectivity index (χ1n) is 4.42. The zero-order valence-electron chi connectivity index (χ0n) is 8.72. The third-order valence-electron chi connectivity index (χ3n) is 2.00.